The normalized spacial score (nSPS) is 19.2. The van der Waals surface area contributed by atoms with E-state index in [-0.39, 0.29) is 11.5 Å². The fourth-order valence-corrected chi connectivity index (χ4v) is 2.56. The Balaban J connectivity index is 2.06. The molecular formula is C14H19N5. The van der Waals surface area contributed by atoms with Gasteiger partial charge in [-0.25, -0.2) is 0 Å². The van der Waals surface area contributed by atoms with E-state index in [4.69, 9.17) is 0 Å². The van der Waals surface area contributed by atoms with Gasteiger partial charge in [-0.3, -0.25) is 4.98 Å². The Morgan fingerprint density at radius 2 is 2.16 bits per heavy atom. The van der Waals surface area contributed by atoms with Crippen molar-refractivity contribution in [3.05, 3.63) is 30.4 Å². The maximum atomic E-state index is 4.40. The molecule has 0 amide bonds. The minimum absolute atomic E-state index is 0.122. The maximum absolute atomic E-state index is 4.40. The minimum Gasteiger partial charge on any atom is -0.308 e. The summed E-state index contributed by atoms with van der Waals surface area (Å²) >= 11 is 0. The molecule has 0 radical (unpaired) electrons. The highest BCUT2D eigenvalue weighted by atomic mass is 15.3. The van der Waals surface area contributed by atoms with Crippen LogP contribution >= 0.6 is 0 Å². The Labute approximate surface area is 113 Å². The van der Waals surface area contributed by atoms with Crippen LogP contribution in [0.15, 0.2) is 24.5 Å². The van der Waals surface area contributed by atoms with Gasteiger partial charge in [-0.05, 0) is 17.5 Å². The van der Waals surface area contributed by atoms with E-state index in [1.807, 2.05) is 18.3 Å². The molecule has 1 N–H and O–H groups in total. The van der Waals surface area contributed by atoms with Gasteiger partial charge in [0.15, 0.2) is 11.6 Å². The molecule has 1 aliphatic rings. The highest BCUT2D eigenvalue weighted by Crippen LogP contribution is 2.34. The summed E-state index contributed by atoms with van der Waals surface area (Å²) in [6, 6.07) is 4.19. The molecule has 3 heterocycles. The third-order valence-electron chi connectivity index (χ3n) is 3.51. The van der Waals surface area contributed by atoms with Gasteiger partial charge in [0.05, 0.1) is 6.04 Å². The molecule has 3 rings (SSSR count). The summed E-state index contributed by atoms with van der Waals surface area (Å²) in [5, 5.41) is 12.3. The van der Waals surface area contributed by atoms with E-state index in [1.54, 1.807) is 6.20 Å². The molecule has 0 fully saturated rings. The lowest BCUT2D eigenvalue weighted by Gasteiger charge is -2.34. The summed E-state index contributed by atoms with van der Waals surface area (Å²) in [6.07, 6.45) is 3.61. The lowest BCUT2D eigenvalue weighted by atomic mass is 9.85. The van der Waals surface area contributed by atoms with Crippen molar-refractivity contribution in [2.45, 2.75) is 33.4 Å². The highest BCUT2D eigenvalue weighted by molar-refractivity contribution is 5.53. The molecule has 1 aliphatic heterocycles. The molecule has 0 saturated carbocycles. The van der Waals surface area contributed by atoms with Crippen molar-refractivity contribution in [2.24, 2.45) is 5.41 Å². The Morgan fingerprint density at radius 1 is 1.32 bits per heavy atom. The van der Waals surface area contributed by atoms with Crippen molar-refractivity contribution in [3.8, 4) is 11.4 Å². The Morgan fingerprint density at radius 3 is 2.84 bits per heavy atom. The molecule has 1 unspecified atom stereocenters. The number of pyridine rings is 1. The Bertz CT molecular complexity index is 567. The maximum Gasteiger partial charge on any atom is 0.165 e. The first kappa shape index (κ1) is 12.3. The molecule has 5 nitrogen and oxygen atoms in total. The number of fused-ring (bicyclic) bond motifs is 1. The van der Waals surface area contributed by atoms with E-state index in [0.29, 0.717) is 0 Å². The molecule has 0 spiro atoms. The van der Waals surface area contributed by atoms with E-state index >= 15 is 0 Å². The van der Waals surface area contributed by atoms with E-state index in [9.17, 15) is 0 Å². The monoisotopic (exact) mass is 257 g/mol. The second-order valence-electron chi connectivity index (χ2n) is 6.03. The predicted octanol–water partition coefficient (Wildman–Crippen LogP) is 2.03. The molecule has 19 heavy (non-hydrogen) atoms. The van der Waals surface area contributed by atoms with E-state index in [1.165, 1.54) is 0 Å². The molecule has 0 saturated heterocycles. The van der Waals surface area contributed by atoms with Crippen LogP contribution in [0.1, 0.15) is 32.6 Å². The minimum atomic E-state index is 0.122. The fourth-order valence-electron chi connectivity index (χ4n) is 2.56. The predicted molar refractivity (Wildman–Crippen MR) is 73.5 cm³/mol. The molecule has 100 valence electrons. The summed E-state index contributed by atoms with van der Waals surface area (Å²) in [5.74, 6) is 1.94. The summed E-state index contributed by atoms with van der Waals surface area (Å²) in [4.78, 5) is 4.16. The van der Waals surface area contributed by atoms with Crippen LogP contribution in [0.5, 0.6) is 0 Å². The van der Waals surface area contributed by atoms with Crippen molar-refractivity contribution < 1.29 is 0 Å². The number of hydrogen-bond acceptors (Lipinski definition) is 4. The van der Waals surface area contributed by atoms with Crippen LogP contribution in [0, 0.1) is 5.41 Å². The van der Waals surface area contributed by atoms with Gasteiger partial charge in [0.2, 0.25) is 0 Å². The lowest BCUT2D eigenvalue weighted by Crippen LogP contribution is -2.40. The number of nitrogens with one attached hydrogen (secondary N) is 1. The largest absolute Gasteiger partial charge is 0.308 e. The highest BCUT2D eigenvalue weighted by Gasteiger charge is 2.33. The van der Waals surface area contributed by atoms with Crippen LogP contribution in [-0.4, -0.2) is 26.3 Å². The van der Waals surface area contributed by atoms with E-state index in [2.05, 4.69) is 45.8 Å². The third kappa shape index (κ3) is 2.14. The van der Waals surface area contributed by atoms with Crippen molar-refractivity contribution >= 4 is 0 Å². The summed E-state index contributed by atoms with van der Waals surface area (Å²) in [5.41, 5.74) is 1.15. The number of rotatable bonds is 1. The third-order valence-corrected chi connectivity index (χ3v) is 3.51. The summed E-state index contributed by atoms with van der Waals surface area (Å²) in [6.45, 7) is 8.51. The Hall–Kier alpha value is -1.75. The van der Waals surface area contributed by atoms with Crippen LogP contribution in [-0.2, 0) is 6.54 Å². The molecule has 0 aliphatic carbocycles. The van der Waals surface area contributed by atoms with Crippen molar-refractivity contribution in [3.63, 3.8) is 0 Å². The molecule has 0 aromatic carbocycles. The van der Waals surface area contributed by atoms with Gasteiger partial charge in [0.1, 0.15) is 0 Å². The zero-order valence-electron chi connectivity index (χ0n) is 11.6. The van der Waals surface area contributed by atoms with E-state index in [0.717, 1.165) is 30.3 Å². The van der Waals surface area contributed by atoms with Gasteiger partial charge < -0.3 is 9.88 Å². The first-order valence-electron chi connectivity index (χ1n) is 6.64. The average molecular weight is 257 g/mol. The molecular weight excluding hydrogens is 238 g/mol. The zero-order valence-corrected chi connectivity index (χ0v) is 11.6. The molecule has 5 heteroatoms. The van der Waals surface area contributed by atoms with Crippen molar-refractivity contribution in [2.75, 3.05) is 6.54 Å². The standard InChI is InChI=1S/C14H19N5/c1-14(2,3)11-13-18-17-12(19(13)8-7-16-11)10-5-4-6-15-9-10/h4-6,9,11,16H,7-8H2,1-3H3. The Kier molecular flexibility index (Phi) is 2.86. The average Bonchev–Trinajstić information content (AvgIpc) is 2.82. The summed E-state index contributed by atoms with van der Waals surface area (Å²) in [7, 11) is 0. The van der Waals surface area contributed by atoms with Crippen LogP contribution in [0.3, 0.4) is 0 Å². The molecule has 2 aromatic rings. The van der Waals surface area contributed by atoms with Gasteiger partial charge in [-0.15, -0.1) is 10.2 Å². The van der Waals surface area contributed by atoms with Gasteiger partial charge in [0.25, 0.3) is 0 Å². The topological polar surface area (TPSA) is 55.6 Å². The SMILES string of the molecule is CC(C)(C)C1NCCn2c(-c3cccnc3)nnc21. The van der Waals surface area contributed by atoms with Gasteiger partial charge >= 0.3 is 0 Å². The van der Waals surface area contributed by atoms with Crippen LogP contribution in [0.4, 0.5) is 0 Å². The summed E-state index contributed by atoms with van der Waals surface area (Å²) < 4.78 is 2.21. The second-order valence-corrected chi connectivity index (χ2v) is 6.03. The second kappa shape index (κ2) is 4.42. The lowest BCUT2D eigenvalue weighted by molar-refractivity contribution is 0.234. The molecule has 2 aromatic heterocycles. The van der Waals surface area contributed by atoms with Crippen LogP contribution in [0.25, 0.3) is 11.4 Å². The van der Waals surface area contributed by atoms with Gasteiger partial charge in [-0.1, -0.05) is 20.8 Å². The van der Waals surface area contributed by atoms with Crippen molar-refractivity contribution in [1.29, 1.82) is 0 Å². The number of aromatic nitrogens is 4. The zero-order chi connectivity index (χ0) is 13.5. The van der Waals surface area contributed by atoms with Gasteiger partial charge in [0, 0.05) is 31.0 Å². The van der Waals surface area contributed by atoms with Gasteiger partial charge in [-0.2, -0.15) is 0 Å². The van der Waals surface area contributed by atoms with Crippen molar-refractivity contribution in [1.82, 2.24) is 25.1 Å². The quantitative estimate of drug-likeness (QED) is 0.849. The van der Waals surface area contributed by atoms with Crippen LogP contribution < -0.4 is 5.32 Å². The van der Waals surface area contributed by atoms with Crippen LogP contribution in [0.2, 0.25) is 0 Å². The smallest absolute Gasteiger partial charge is 0.165 e. The number of hydrogen-bond donors (Lipinski definition) is 1. The molecule has 1 atom stereocenters. The van der Waals surface area contributed by atoms with E-state index < -0.39 is 0 Å². The fraction of sp³-hybridized carbons (Fsp3) is 0.500. The first-order valence-corrected chi connectivity index (χ1v) is 6.64. The molecule has 0 bridgehead atoms. The first-order chi connectivity index (χ1) is 9.07. The number of nitrogens with zero attached hydrogens (tertiary/aromatic N) is 4.